The van der Waals surface area contributed by atoms with Gasteiger partial charge in [-0.3, -0.25) is 0 Å². The number of rotatable bonds is 4. The molecule has 0 spiro atoms. The normalized spacial score (nSPS) is 20.5. The molecule has 2 saturated heterocycles. The lowest BCUT2D eigenvalue weighted by Gasteiger charge is -2.28. The zero-order valence-electron chi connectivity index (χ0n) is 14.7. The monoisotopic (exact) mass is 359 g/mol. The van der Waals surface area contributed by atoms with Crippen LogP contribution in [0.2, 0.25) is 0 Å². The molecule has 2 aromatic rings. The fourth-order valence-corrected chi connectivity index (χ4v) is 3.31. The number of aryl methyl sites for hydroxylation is 1. The van der Waals surface area contributed by atoms with Crippen molar-refractivity contribution in [1.29, 1.82) is 0 Å². The molecule has 2 fully saturated rings. The second-order valence-electron chi connectivity index (χ2n) is 6.51. The number of ether oxygens (including phenoxy) is 1. The van der Waals surface area contributed by atoms with Gasteiger partial charge in [-0.05, 0) is 19.4 Å². The molecule has 2 aromatic heterocycles. The molecule has 2 aliphatic rings. The van der Waals surface area contributed by atoms with Crippen LogP contribution in [0.5, 0.6) is 0 Å². The van der Waals surface area contributed by atoms with Gasteiger partial charge >= 0.3 is 0 Å². The predicted octanol–water partition coefficient (Wildman–Crippen LogP) is 1.24. The van der Waals surface area contributed by atoms with Crippen LogP contribution in [0.1, 0.15) is 12.1 Å². The summed E-state index contributed by atoms with van der Waals surface area (Å²) in [6.07, 6.45) is 4.04. The van der Waals surface area contributed by atoms with Crippen LogP contribution in [0.3, 0.4) is 0 Å². The lowest BCUT2D eigenvalue weighted by Crippen LogP contribution is -2.37. The van der Waals surface area contributed by atoms with Gasteiger partial charge in [0.2, 0.25) is 5.95 Å². The second kappa shape index (κ2) is 7.36. The van der Waals surface area contributed by atoms with Crippen molar-refractivity contribution in [3.05, 3.63) is 30.1 Å². The largest absolute Gasteiger partial charge is 0.378 e. The summed E-state index contributed by atoms with van der Waals surface area (Å²) in [6.45, 7) is 6.13. The number of morpholine rings is 1. The van der Waals surface area contributed by atoms with E-state index < -0.39 is 0 Å². The Bertz CT molecular complexity index is 769. The highest BCUT2D eigenvalue weighted by Gasteiger charge is 2.27. The highest BCUT2D eigenvalue weighted by Crippen LogP contribution is 2.23. The molecule has 26 heavy (non-hydrogen) atoms. The maximum absolute atomic E-state index is 14.2. The maximum atomic E-state index is 14.2. The van der Waals surface area contributed by atoms with Crippen molar-refractivity contribution < 1.29 is 9.13 Å². The SMILES string of the molecule is Cc1ncnc(N2CCC(Nc3nccc(N4CCOCC4)n3)C2)c1F. The smallest absolute Gasteiger partial charge is 0.224 e. The van der Waals surface area contributed by atoms with Gasteiger partial charge in [-0.15, -0.1) is 0 Å². The summed E-state index contributed by atoms with van der Waals surface area (Å²) in [6, 6.07) is 2.06. The third-order valence-corrected chi connectivity index (χ3v) is 4.74. The first-order valence-electron chi connectivity index (χ1n) is 8.85. The van der Waals surface area contributed by atoms with E-state index in [1.807, 2.05) is 11.0 Å². The summed E-state index contributed by atoms with van der Waals surface area (Å²) in [5.74, 6) is 1.52. The van der Waals surface area contributed by atoms with Crippen LogP contribution in [0.25, 0.3) is 0 Å². The molecule has 1 unspecified atom stereocenters. The Morgan fingerprint density at radius 3 is 2.85 bits per heavy atom. The van der Waals surface area contributed by atoms with Crippen molar-refractivity contribution in [2.24, 2.45) is 0 Å². The van der Waals surface area contributed by atoms with E-state index in [0.717, 1.165) is 31.9 Å². The second-order valence-corrected chi connectivity index (χ2v) is 6.51. The van der Waals surface area contributed by atoms with E-state index in [1.54, 1.807) is 13.1 Å². The fraction of sp³-hybridized carbons (Fsp3) is 0.529. The maximum Gasteiger partial charge on any atom is 0.224 e. The van der Waals surface area contributed by atoms with Crippen molar-refractivity contribution in [3.63, 3.8) is 0 Å². The van der Waals surface area contributed by atoms with E-state index in [0.29, 0.717) is 37.2 Å². The highest BCUT2D eigenvalue weighted by atomic mass is 19.1. The molecule has 1 N–H and O–H groups in total. The van der Waals surface area contributed by atoms with E-state index >= 15 is 0 Å². The number of nitrogens with zero attached hydrogens (tertiary/aromatic N) is 6. The Kier molecular flexibility index (Phi) is 4.79. The Balaban J connectivity index is 1.41. The Morgan fingerprint density at radius 1 is 1.15 bits per heavy atom. The zero-order chi connectivity index (χ0) is 17.9. The van der Waals surface area contributed by atoms with Crippen LogP contribution in [0, 0.1) is 12.7 Å². The average molecular weight is 359 g/mol. The molecule has 9 heteroatoms. The number of nitrogens with one attached hydrogen (secondary N) is 1. The predicted molar refractivity (Wildman–Crippen MR) is 96.0 cm³/mol. The molecule has 4 heterocycles. The number of anilines is 3. The Morgan fingerprint density at radius 2 is 2.00 bits per heavy atom. The van der Waals surface area contributed by atoms with Gasteiger partial charge < -0.3 is 19.9 Å². The van der Waals surface area contributed by atoms with Crippen LogP contribution < -0.4 is 15.1 Å². The summed E-state index contributed by atoms with van der Waals surface area (Å²) >= 11 is 0. The molecule has 0 amide bonds. The number of hydrogen-bond donors (Lipinski definition) is 1. The zero-order valence-corrected chi connectivity index (χ0v) is 14.7. The molecule has 0 bridgehead atoms. The molecule has 0 aliphatic carbocycles. The van der Waals surface area contributed by atoms with Gasteiger partial charge in [0.05, 0.1) is 18.9 Å². The lowest BCUT2D eigenvalue weighted by molar-refractivity contribution is 0.122. The van der Waals surface area contributed by atoms with E-state index in [9.17, 15) is 4.39 Å². The Hall–Kier alpha value is -2.55. The molecule has 0 saturated carbocycles. The first-order chi connectivity index (χ1) is 12.7. The first kappa shape index (κ1) is 16.9. The molecule has 0 aromatic carbocycles. The van der Waals surface area contributed by atoms with Gasteiger partial charge in [-0.1, -0.05) is 0 Å². The highest BCUT2D eigenvalue weighted by molar-refractivity contribution is 5.46. The first-order valence-corrected chi connectivity index (χ1v) is 8.85. The molecule has 0 radical (unpaired) electrons. The average Bonchev–Trinajstić information content (AvgIpc) is 3.13. The quantitative estimate of drug-likeness (QED) is 0.874. The van der Waals surface area contributed by atoms with Crippen molar-refractivity contribution in [2.75, 3.05) is 54.5 Å². The molecule has 138 valence electrons. The minimum atomic E-state index is -0.348. The standard InChI is InChI=1S/C17H22FN7O/c1-12-15(18)16(21-11-20-12)25-5-3-13(10-25)22-17-19-4-2-14(23-17)24-6-8-26-9-7-24/h2,4,11,13H,3,5-10H2,1H3,(H,19,22,23). The van der Waals surface area contributed by atoms with Crippen LogP contribution in [0.15, 0.2) is 18.6 Å². The van der Waals surface area contributed by atoms with Gasteiger partial charge in [0.1, 0.15) is 12.1 Å². The van der Waals surface area contributed by atoms with Crippen LogP contribution in [-0.2, 0) is 4.74 Å². The lowest BCUT2D eigenvalue weighted by atomic mass is 10.3. The molecular formula is C17H22FN7O. The van der Waals surface area contributed by atoms with Crippen molar-refractivity contribution in [3.8, 4) is 0 Å². The summed E-state index contributed by atoms with van der Waals surface area (Å²) in [4.78, 5) is 21.1. The third-order valence-electron chi connectivity index (χ3n) is 4.74. The van der Waals surface area contributed by atoms with Crippen LogP contribution in [0.4, 0.5) is 22.0 Å². The van der Waals surface area contributed by atoms with E-state index in [4.69, 9.17) is 4.74 Å². The summed E-state index contributed by atoms with van der Waals surface area (Å²) in [5, 5.41) is 3.37. The van der Waals surface area contributed by atoms with Gasteiger partial charge in [0.15, 0.2) is 11.6 Å². The van der Waals surface area contributed by atoms with E-state index in [-0.39, 0.29) is 11.9 Å². The minimum Gasteiger partial charge on any atom is -0.378 e. The number of halogens is 1. The fourth-order valence-electron chi connectivity index (χ4n) is 3.31. The van der Waals surface area contributed by atoms with Crippen LogP contribution in [-0.4, -0.2) is 65.4 Å². The summed E-state index contributed by atoms with van der Waals surface area (Å²) in [5.41, 5.74) is 0.368. The topological polar surface area (TPSA) is 79.3 Å². The molecule has 4 rings (SSSR count). The van der Waals surface area contributed by atoms with Crippen molar-refractivity contribution >= 4 is 17.6 Å². The molecule has 1 atom stereocenters. The molecular weight excluding hydrogens is 337 g/mol. The Labute approximate surface area is 151 Å². The van der Waals surface area contributed by atoms with E-state index in [2.05, 4.69) is 30.2 Å². The van der Waals surface area contributed by atoms with Crippen molar-refractivity contribution in [2.45, 2.75) is 19.4 Å². The molecule has 8 nitrogen and oxygen atoms in total. The van der Waals surface area contributed by atoms with Gasteiger partial charge in [0.25, 0.3) is 0 Å². The number of hydrogen-bond acceptors (Lipinski definition) is 8. The van der Waals surface area contributed by atoms with Gasteiger partial charge in [0, 0.05) is 38.4 Å². The van der Waals surface area contributed by atoms with Gasteiger partial charge in [-0.25, -0.2) is 19.3 Å². The summed E-state index contributed by atoms with van der Waals surface area (Å²) < 4.78 is 19.6. The third kappa shape index (κ3) is 3.52. The van der Waals surface area contributed by atoms with E-state index in [1.165, 1.54) is 6.33 Å². The molecule has 2 aliphatic heterocycles. The number of aromatic nitrogens is 4. The minimum absolute atomic E-state index is 0.143. The van der Waals surface area contributed by atoms with Gasteiger partial charge in [-0.2, -0.15) is 4.98 Å². The van der Waals surface area contributed by atoms with Crippen LogP contribution >= 0.6 is 0 Å². The van der Waals surface area contributed by atoms with Crippen molar-refractivity contribution in [1.82, 2.24) is 19.9 Å². The summed E-state index contributed by atoms with van der Waals surface area (Å²) in [7, 11) is 0.